The van der Waals surface area contributed by atoms with Gasteiger partial charge in [-0.2, -0.15) is 0 Å². The van der Waals surface area contributed by atoms with Crippen molar-refractivity contribution in [3.63, 3.8) is 0 Å². The van der Waals surface area contributed by atoms with Crippen molar-refractivity contribution in [3.05, 3.63) is 36.4 Å². The maximum atomic E-state index is 11.6. The Kier molecular flexibility index (Phi) is 3.54. The first-order valence-electron chi connectivity index (χ1n) is 7.06. The number of hydrogen-bond donors (Lipinski definition) is 0. The molecule has 20 heavy (non-hydrogen) atoms. The maximum absolute atomic E-state index is 11.6. The molecule has 1 unspecified atom stereocenters. The van der Waals surface area contributed by atoms with Crippen molar-refractivity contribution in [1.82, 2.24) is 9.88 Å². The predicted octanol–water partition coefficient (Wildman–Crippen LogP) is 2.62. The fourth-order valence-corrected chi connectivity index (χ4v) is 2.56. The molecule has 0 bridgehead atoms. The Morgan fingerprint density at radius 2 is 2.20 bits per heavy atom. The SMILES string of the molecule is CCC(=O)N1CCC(Oc2ccc3ccccc3n2)C1. The second-order valence-electron chi connectivity index (χ2n) is 5.06. The van der Waals surface area contributed by atoms with Crippen molar-refractivity contribution in [1.29, 1.82) is 0 Å². The molecule has 0 aliphatic carbocycles. The molecule has 3 rings (SSSR count). The minimum absolute atomic E-state index is 0.0548. The molecular formula is C16H18N2O2. The van der Waals surface area contributed by atoms with E-state index < -0.39 is 0 Å². The monoisotopic (exact) mass is 270 g/mol. The van der Waals surface area contributed by atoms with Gasteiger partial charge in [0.1, 0.15) is 6.10 Å². The van der Waals surface area contributed by atoms with Gasteiger partial charge in [0.2, 0.25) is 11.8 Å². The van der Waals surface area contributed by atoms with Crippen molar-refractivity contribution >= 4 is 16.8 Å². The average molecular weight is 270 g/mol. The van der Waals surface area contributed by atoms with Gasteiger partial charge < -0.3 is 9.64 Å². The molecule has 0 radical (unpaired) electrons. The second-order valence-corrected chi connectivity index (χ2v) is 5.06. The maximum Gasteiger partial charge on any atom is 0.222 e. The number of fused-ring (bicyclic) bond motifs is 1. The number of likely N-dealkylation sites (tertiary alicyclic amines) is 1. The van der Waals surface area contributed by atoms with E-state index in [9.17, 15) is 4.79 Å². The highest BCUT2D eigenvalue weighted by Gasteiger charge is 2.26. The van der Waals surface area contributed by atoms with Crippen LogP contribution in [0.5, 0.6) is 5.88 Å². The normalized spacial score (nSPS) is 18.4. The highest BCUT2D eigenvalue weighted by atomic mass is 16.5. The molecule has 0 saturated carbocycles. The van der Waals surface area contributed by atoms with Gasteiger partial charge in [-0.1, -0.05) is 25.1 Å². The highest BCUT2D eigenvalue weighted by molar-refractivity contribution is 5.78. The zero-order chi connectivity index (χ0) is 13.9. The number of nitrogens with zero attached hydrogens (tertiary/aromatic N) is 2. The molecule has 1 aromatic heterocycles. The highest BCUT2D eigenvalue weighted by Crippen LogP contribution is 2.20. The lowest BCUT2D eigenvalue weighted by atomic mass is 10.2. The van der Waals surface area contributed by atoms with Crippen molar-refractivity contribution in [2.45, 2.75) is 25.9 Å². The predicted molar refractivity (Wildman–Crippen MR) is 77.6 cm³/mol. The molecule has 0 spiro atoms. The second kappa shape index (κ2) is 5.49. The molecule has 1 aliphatic heterocycles. The number of rotatable bonds is 3. The summed E-state index contributed by atoms with van der Waals surface area (Å²) in [6, 6.07) is 11.9. The van der Waals surface area contributed by atoms with Crippen LogP contribution in [0.25, 0.3) is 10.9 Å². The van der Waals surface area contributed by atoms with Gasteiger partial charge in [-0.05, 0) is 12.1 Å². The Hall–Kier alpha value is -2.10. The summed E-state index contributed by atoms with van der Waals surface area (Å²) in [6.45, 7) is 3.34. The first kappa shape index (κ1) is 12.9. The average Bonchev–Trinajstić information content (AvgIpc) is 2.95. The van der Waals surface area contributed by atoms with E-state index in [1.165, 1.54) is 0 Å². The Labute approximate surface area is 118 Å². The third-order valence-electron chi connectivity index (χ3n) is 3.66. The van der Waals surface area contributed by atoms with E-state index in [1.54, 1.807) is 0 Å². The van der Waals surface area contributed by atoms with Gasteiger partial charge in [0.15, 0.2) is 0 Å². The van der Waals surface area contributed by atoms with Crippen LogP contribution >= 0.6 is 0 Å². The van der Waals surface area contributed by atoms with Crippen LogP contribution in [0, 0.1) is 0 Å². The largest absolute Gasteiger partial charge is 0.472 e. The summed E-state index contributed by atoms with van der Waals surface area (Å²) in [7, 11) is 0. The van der Waals surface area contributed by atoms with Gasteiger partial charge in [-0.15, -0.1) is 0 Å². The van der Waals surface area contributed by atoms with E-state index in [0.717, 1.165) is 23.9 Å². The summed E-state index contributed by atoms with van der Waals surface area (Å²) < 4.78 is 5.90. The van der Waals surface area contributed by atoms with Crippen LogP contribution in [0.1, 0.15) is 19.8 Å². The number of carbonyl (C=O) groups is 1. The van der Waals surface area contributed by atoms with Gasteiger partial charge in [-0.3, -0.25) is 4.79 Å². The van der Waals surface area contributed by atoms with E-state index in [-0.39, 0.29) is 12.0 Å². The van der Waals surface area contributed by atoms with E-state index in [1.807, 2.05) is 48.2 Å². The molecule has 1 aliphatic rings. The van der Waals surface area contributed by atoms with Gasteiger partial charge in [0, 0.05) is 30.8 Å². The van der Waals surface area contributed by atoms with Crippen LogP contribution in [-0.4, -0.2) is 35.0 Å². The van der Waals surface area contributed by atoms with Crippen molar-refractivity contribution < 1.29 is 9.53 Å². The molecule has 0 N–H and O–H groups in total. The van der Waals surface area contributed by atoms with Crippen LogP contribution in [0.3, 0.4) is 0 Å². The van der Waals surface area contributed by atoms with E-state index >= 15 is 0 Å². The third kappa shape index (κ3) is 2.59. The number of pyridine rings is 1. The summed E-state index contributed by atoms with van der Waals surface area (Å²) in [6.07, 6.45) is 1.49. The summed E-state index contributed by atoms with van der Waals surface area (Å²) >= 11 is 0. The number of carbonyl (C=O) groups excluding carboxylic acids is 1. The standard InChI is InChI=1S/C16H18N2O2/c1-2-16(19)18-10-9-13(11-18)20-15-8-7-12-5-3-4-6-14(12)17-15/h3-8,13H,2,9-11H2,1H3. The number of para-hydroxylation sites is 1. The Bertz CT molecular complexity index is 627. The van der Waals surface area contributed by atoms with Gasteiger partial charge in [-0.25, -0.2) is 4.98 Å². The molecular weight excluding hydrogens is 252 g/mol. The molecule has 4 nitrogen and oxygen atoms in total. The van der Waals surface area contributed by atoms with Crippen molar-refractivity contribution in [3.8, 4) is 5.88 Å². The zero-order valence-corrected chi connectivity index (χ0v) is 11.6. The zero-order valence-electron chi connectivity index (χ0n) is 11.6. The fourth-order valence-electron chi connectivity index (χ4n) is 2.56. The van der Waals surface area contributed by atoms with Crippen LogP contribution in [0.4, 0.5) is 0 Å². The topological polar surface area (TPSA) is 42.4 Å². The summed E-state index contributed by atoms with van der Waals surface area (Å²) in [5.41, 5.74) is 0.935. The smallest absolute Gasteiger partial charge is 0.222 e. The number of benzene rings is 1. The molecule has 1 fully saturated rings. The Balaban J connectivity index is 1.69. The molecule has 2 heterocycles. The Morgan fingerprint density at radius 3 is 3.05 bits per heavy atom. The lowest BCUT2D eigenvalue weighted by Gasteiger charge is -2.16. The van der Waals surface area contributed by atoms with Crippen molar-refractivity contribution in [2.75, 3.05) is 13.1 Å². The minimum Gasteiger partial charge on any atom is -0.472 e. The van der Waals surface area contributed by atoms with E-state index in [0.29, 0.717) is 18.8 Å². The van der Waals surface area contributed by atoms with Gasteiger partial charge in [0.05, 0.1) is 12.1 Å². The summed E-state index contributed by atoms with van der Waals surface area (Å²) in [5, 5.41) is 1.11. The number of ether oxygens (including phenoxy) is 1. The summed E-state index contributed by atoms with van der Waals surface area (Å²) in [5.74, 6) is 0.835. The van der Waals surface area contributed by atoms with Crippen LogP contribution in [0.15, 0.2) is 36.4 Å². The molecule has 1 saturated heterocycles. The molecule has 1 amide bonds. The molecule has 1 aromatic carbocycles. The molecule has 2 aromatic rings. The molecule has 104 valence electrons. The number of amides is 1. The van der Waals surface area contributed by atoms with Crippen LogP contribution < -0.4 is 4.74 Å². The number of hydrogen-bond acceptors (Lipinski definition) is 3. The third-order valence-corrected chi connectivity index (χ3v) is 3.66. The lowest BCUT2D eigenvalue weighted by Crippen LogP contribution is -2.30. The minimum atomic E-state index is 0.0548. The Morgan fingerprint density at radius 1 is 1.35 bits per heavy atom. The summed E-state index contributed by atoms with van der Waals surface area (Å²) in [4.78, 5) is 18.0. The van der Waals surface area contributed by atoms with Crippen LogP contribution in [0.2, 0.25) is 0 Å². The van der Waals surface area contributed by atoms with Crippen molar-refractivity contribution in [2.24, 2.45) is 0 Å². The van der Waals surface area contributed by atoms with E-state index in [2.05, 4.69) is 4.98 Å². The quantitative estimate of drug-likeness (QED) is 0.861. The lowest BCUT2D eigenvalue weighted by molar-refractivity contribution is -0.130. The first-order chi connectivity index (χ1) is 9.76. The van der Waals surface area contributed by atoms with E-state index in [4.69, 9.17) is 4.74 Å². The van der Waals surface area contributed by atoms with Crippen LogP contribution in [-0.2, 0) is 4.79 Å². The van der Waals surface area contributed by atoms with Gasteiger partial charge in [0.25, 0.3) is 0 Å². The van der Waals surface area contributed by atoms with Gasteiger partial charge >= 0.3 is 0 Å². The molecule has 4 heteroatoms. The molecule has 1 atom stereocenters. The number of aromatic nitrogens is 1. The fraction of sp³-hybridized carbons (Fsp3) is 0.375. The first-order valence-corrected chi connectivity index (χ1v) is 7.06.